The summed E-state index contributed by atoms with van der Waals surface area (Å²) in [6, 6.07) is 20.0. The summed E-state index contributed by atoms with van der Waals surface area (Å²) in [5.74, 6) is 2.24. The average Bonchev–Trinajstić information content (AvgIpc) is 3.10. The van der Waals surface area contributed by atoms with Gasteiger partial charge >= 0.3 is 0 Å². The molecule has 0 unspecified atom stereocenters. The van der Waals surface area contributed by atoms with Crippen molar-refractivity contribution in [3.63, 3.8) is 0 Å². The molecule has 5 heteroatoms. The van der Waals surface area contributed by atoms with Crippen LogP contribution in [0.5, 0.6) is 0 Å². The summed E-state index contributed by atoms with van der Waals surface area (Å²) in [4.78, 5) is 9.06. The van der Waals surface area contributed by atoms with Crippen LogP contribution in [-0.2, 0) is 0 Å². The molecule has 0 aliphatic heterocycles. The largest absolute Gasteiger partial charge is 0.325 e. The van der Waals surface area contributed by atoms with E-state index in [0.717, 1.165) is 34.1 Å². The lowest BCUT2D eigenvalue weighted by Crippen LogP contribution is -2.01. The first-order valence-corrected chi connectivity index (χ1v) is 8.05. The molecule has 4 rings (SSSR count). The predicted octanol–water partition coefficient (Wildman–Crippen LogP) is 4.38. The first kappa shape index (κ1) is 15.1. The monoisotopic (exact) mass is 327 g/mol. The first-order chi connectivity index (χ1) is 12.3. The molecular weight excluding hydrogens is 310 g/mol. The zero-order valence-electron chi connectivity index (χ0n) is 13.8. The van der Waals surface area contributed by atoms with Crippen LogP contribution in [0.15, 0.2) is 79.3 Å². The zero-order valence-corrected chi connectivity index (χ0v) is 13.8. The van der Waals surface area contributed by atoms with Crippen molar-refractivity contribution in [1.29, 1.82) is 0 Å². The van der Waals surface area contributed by atoms with Crippen LogP contribution in [0.3, 0.4) is 0 Å². The van der Waals surface area contributed by atoms with Crippen molar-refractivity contribution in [3.8, 4) is 16.9 Å². The van der Waals surface area contributed by atoms with E-state index in [-0.39, 0.29) is 0 Å². The number of rotatable bonds is 4. The van der Waals surface area contributed by atoms with Gasteiger partial charge in [-0.15, -0.1) is 0 Å². The van der Waals surface area contributed by atoms with Crippen LogP contribution in [0, 0.1) is 6.92 Å². The molecule has 0 bridgehead atoms. The molecule has 0 atom stereocenters. The lowest BCUT2D eigenvalue weighted by atomic mass is 10.1. The topological polar surface area (TPSA) is 55.6 Å². The molecule has 3 aromatic heterocycles. The Bertz CT molecular complexity index is 974. The number of nitrogens with zero attached hydrogens (tertiary/aromatic N) is 4. The van der Waals surface area contributed by atoms with Gasteiger partial charge in [-0.05, 0) is 42.3 Å². The smallest absolute Gasteiger partial charge is 0.155 e. The Morgan fingerprint density at radius 1 is 0.800 bits per heavy atom. The molecule has 1 N–H and O–H groups in total. The number of aryl methyl sites for hydroxylation is 1. The molecule has 0 saturated heterocycles. The van der Waals surface area contributed by atoms with Crippen molar-refractivity contribution >= 4 is 11.6 Å². The highest BCUT2D eigenvalue weighted by molar-refractivity contribution is 5.64. The van der Waals surface area contributed by atoms with E-state index in [9.17, 15) is 0 Å². The van der Waals surface area contributed by atoms with Gasteiger partial charge in [0.25, 0.3) is 0 Å². The Labute approximate surface area is 146 Å². The summed E-state index contributed by atoms with van der Waals surface area (Å²) in [6.07, 6.45) is 5.61. The molecule has 25 heavy (non-hydrogen) atoms. The summed E-state index contributed by atoms with van der Waals surface area (Å²) < 4.78 is 1.76. The standard InChI is InChI=1S/C20H17N5/c1-15-12-22-25(14-15)20-9-5-8-19(24-20)23-18-11-10-17(13-21-18)16-6-3-2-4-7-16/h2-14H,1H3,(H,21,23,24). The third kappa shape index (κ3) is 3.40. The lowest BCUT2D eigenvalue weighted by Gasteiger charge is -2.08. The third-order valence-electron chi connectivity index (χ3n) is 3.81. The minimum atomic E-state index is 0.727. The van der Waals surface area contributed by atoms with Crippen LogP contribution >= 0.6 is 0 Å². The maximum atomic E-state index is 4.58. The highest BCUT2D eigenvalue weighted by Crippen LogP contribution is 2.20. The Morgan fingerprint density at radius 3 is 2.40 bits per heavy atom. The Balaban J connectivity index is 1.54. The fourth-order valence-electron chi connectivity index (χ4n) is 2.56. The Hall–Kier alpha value is -3.47. The molecule has 0 saturated carbocycles. The highest BCUT2D eigenvalue weighted by Gasteiger charge is 2.03. The fraction of sp³-hybridized carbons (Fsp3) is 0.0500. The van der Waals surface area contributed by atoms with Crippen LogP contribution in [0.1, 0.15) is 5.56 Å². The van der Waals surface area contributed by atoms with Gasteiger partial charge in [-0.2, -0.15) is 5.10 Å². The molecule has 122 valence electrons. The van der Waals surface area contributed by atoms with Crippen molar-refractivity contribution in [1.82, 2.24) is 19.7 Å². The number of aromatic nitrogens is 4. The van der Waals surface area contributed by atoms with Crippen LogP contribution < -0.4 is 5.32 Å². The van der Waals surface area contributed by atoms with E-state index < -0.39 is 0 Å². The molecule has 0 spiro atoms. The lowest BCUT2D eigenvalue weighted by molar-refractivity contribution is 0.848. The van der Waals surface area contributed by atoms with Gasteiger partial charge in [-0.25, -0.2) is 14.6 Å². The highest BCUT2D eigenvalue weighted by atomic mass is 15.3. The molecule has 4 aromatic rings. The molecular formula is C20H17N5. The van der Waals surface area contributed by atoms with E-state index in [2.05, 4.69) is 32.5 Å². The summed E-state index contributed by atoms with van der Waals surface area (Å²) >= 11 is 0. The SMILES string of the molecule is Cc1cnn(-c2cccc(Nc3ccc(-c4ccccc4)cn3)n2)c1. The van der Waals surface area contributed by atoms with Gasteiger partial charge in [-0.3, -0.25) is 0 Å². The van der Waals surface area contributed by atoms with Crippen molar-refractivity contribution in [2.45, 2.75) is 6.92 Å². The summed E-state index contributed by atoms with van der Waals surface area (Å²) in [5.41, 5.74) is 3.33. The van der Waals surface area contributed by atoms with Crippen LogP contribution in [0.4, 0.5) is 11.6 Å². The van der Waals surface area contributed by atoms with Gasteiger partial charge in [0.15, 0.2) is 5.82 Å². The second-order valence-corrected chi connectivity index (χ2v) is 5.77. The van der Waals surface area contributed by atoms with Crippen molar-refractivity contribution in [3.05, 3.63) is 84.8 Å². The quantitative estimate of drug-likeness (QED) is 0.604. The number of hydrogen-bond acceptors (Lipinski definition) is 4. The molecule has 0 fully saturated rings. The molecule has 5 nitrogen and oxygen atoms in total. The number of pyridine rings is 2. The zero-order chi connectivity index (χ0) is 17.1. The van der Waals surface area contributed by atoms with Crippen LogP contribution in [0.2, 0.25) is 0 Å². The van der Waals surface area contributed by atoms with Gasteiger partial charge < -0.3 is 5.32 Å². The summed E-state index contributed by atoms with van der Waals surface area (Å²) in [5, 5.41) is 7.53. The van der Waals surface area contributed by atoms with Crippen molar-refractivity contribution in [2.24, 2.45) is 0 Å². The number of benzene rings is 1. The molecule has 0 amide bonds. The second-order valence-electron chi connectivity index (χ2n) is 5.77. The van der Waals surface area contributed by atoms with Crippen LogP contribution in [-0.4, -0.2) is 19.7 Å². The average molecular weight is 327 g/mol. The second kappa shape index (κ2) is 6.57. The summed E-state index contributed by atoms with van der Waals surface area (Å²) in [7, 11) is 0. The fourth-order valence-corrected chi connectivity index (χ4v) is 2.56. The van der Waals surface area contributed by atoms with Crippen molar-refractivity contribution < 1.29 is 0 Å². The molecule has 3 heterocycles. The molecule has 0 aliphatic carbocycles. The van der Waals surface area contributed by atoms with Crippen molar-refractivity contribution in [2.75, 3.05) is 5.32 Å². The van der Waals surface area contributed by atoms with E-state index in [1.54, 1.807) is 4.68 Å². The van der Waals surface area contributed by atoms with E-state index in [1.807, 2.05) is 74.0 Å². The Kier molecular flexibility index (Phi) is 3.96. The van der Waals surface area contributed by atoms with Gasteiger partial charge in [0.1, 0.15) is 11.6 Å². The van der Waals surface area contributed by atoms with Gasteiger partial charge in [0.05, 0.1) is 6.20 Å². The van der Waals surface area contributed by atoms with Crippen LogP contribution in [0.25, 0.3) is 16.9 Å². The van der Waals surface area contributed by atoms with Gasteiger partial charge in [-0.1, -0.05) is 36.4 Å². The minimum absolute atomic E-state index is 0.727. The minimum Gasteiger partial charge on any atom is -0.325 e. The first-order valence-electron chi connectivity index (χ1n) is 8.05. The maximum Gasteiger partial charge on any atom is 0.155 e. The molecule has 1 aromatic carbocycles. The number of anilines is 2. The van der Waals surface area contributed by atoms with E-state index >= 15 is 0 Å². The van der Waals surface area contributed by atoms with E-state index in [0.29, 0.717) is 0 Å². The predicted molar refractivity (Wildman–Crippen MR) is 99.1 cm³/mol. The van der Waals surface area contributed by atoms with E-state index in [4.69, 9.17) is 0 Å². The van der Waals surface area contributed by atoms with Gasteiger partial charge in [0.2, 0.25) is 0 Å². The normalized spacial score (nSPS) is 10.6. The number of nitrogens with one attached hydrogen (secondary N) is 1. The molecule has 0 radical (unpaired) electrons. The van der Waals surface area contributed by atoms with Gasteiger partial charge in [0, 0.05) is 18.0 Å². The number of hydrogen-bond donors (Lipinski definition) is 1. The maximum absolute atomic E-state index is 4.58. The third-order valence-corrected chi connectivity index (χ3v) is 3.81. The Morgan fingerprint density at radius 2 is 1.68 bits per heavy atom. The van der Waals surface area contributed by atoms with E-state index in [1.165, 1.54) is 0 Å². The molecule has 0 aliphatic rings. The summed E-state index contributed by atoms with van der Waals surface area (Å²) in [6.45, 7) is 2.00.